The van der Waals surface area contributed by atoms with E-state index in [0.29, 0.717) is 11.6 Å². The normalized spacial score (nSPS) is 20.5. The van der Waals surface area contributed by atoms with Crippen LogP contribution in [-0.2, 0) is 34.3 Å². The molecule has 0 saturated carbocycles. The van der Waals surface area contributed by atoms with Gasteiger partial charge in [0.25, 0.3) is 11.8 Å². The number of nitrogens with one attached hydrogen (secondary N) is 1. The van der Waals surface area contributed by atoms with Crippen LogP contribution in [0.25, 0.3) is 11.6 Å². The summed E-state index contributed by atoms with van der Waals surface area (Å²) >= 11 is 0. The molecule has 4 rings (SSSR count). The maximum absolute atomic E-state index is 14.9. The van der Waals surface area contributed by atoms with Crippen LogP contribution in [0.15, 0.2) is 53.0 Å². The number of allylic oxidation sites excluding steroid dienone is 2. The Kier molecular flexibility index (Phi) is 9.43. The van der Waals surface area contributed by atoms with Crippen LogP contribution in [0.1, 0.15) is 69.7 Å². The van der Waals surface area contributed by atoms with Gasteiger partial charge in [0.15, 0.2) is 5.69 Å². The van der Waals surface area contributed by atoms with Crippen molar-refractivity contribution in [3.8, 4) is 11.6 Å². The van der Waals surface area contributed by atoms with Gasteiger partial charge in [0.05, 0.1) is 23.6 Å². The molecule has 2 aromatic heterocycles. The van der Waals surface area contributed by atoms with Gasteiger partial charge in [-0.15, -0.1) is 10.2 Å². The van der Waals surface area contributed by atoms with Gasteiger partial charge < -0.3 is 13.9 Å². The third kappa shape index (κ3) is 7.76. The summed E-state index contributed by atoms with van der Waals surface area (Å²) in [6.07, 6.45) is -8.50. The lowest BCUT2D eigenvalue weighted by atomic mass is 9.94. The van der Waals surface area contributed by atoms with Gasteiger partial charge in [0.1, 0.15) is 5.60 Å². The van der Waals surface area contributed by atoms with Crippen LogP contribution in [0.5, 0.6) is 0 Å². The average molecular weight is 627 g/mol. The molecule has 8 nitrogen and oxygen atoms in total. The number of hydrogen-bond donors (Lipinski definition) is 1. The molecule has 2 atom stereocenters. The van der Waals surface area contributed by atoms with Crippen LogP contribution in [0.2, 0.25) is 0 Å². The van der Waals surface area contributed by atoms with E-state index in [1.807, 2.05) is 0 Å². The number of carbonyl (C=O) groups is 1. The SMILES string of the molecule is CC1C/C=C\CC[C@](OCc2ccccc2)(C(F)(F)F)c2nnc(o2)-c2nc(c(C(F)(F)F)cc2NC(=O)OC(C)(C)C)C1. The number of nitrogens with zero attached hydrogens (tertiary/aromatic N) is 3. The van der Waals surface area contributed by atoms with Crippen molar-refractivity contribution in [3.05, 3.63) is 71.3 Å². The smallest absolute Gasteiger partial charge is 0.426 e. The second-order valence-corrected chi connectivity index (χ2v) is 11.6. The summed E-state index contributed by atoms with van der Waals surface area (Å²) in [6, 6.07) is 8.83. The molecule has 14 heteroatoms. The minimum atomic E-state index is -5.04. The van der Waals surface area contributed by atoms with Gasteiger partial charge in [-0.3, -0.25) is 5.32 Å². The molecule has 1 unspecified atom stereocenters. The predicted octanol–water partition coefficient (Wildman–Crippen LogP) is 8.39. The van der Waals surface area contributed by atoms with E-state index < -0.39 is 77.1 Å². The van der Waals surface area contributed by atoms with Gasteiger partial charge >= 0.3 is 18.4 Å². The summed E-state index contributed by atoms with van der Waals surface area (Å²) in [4.78, 5) is 16.7. The number of halogens is 6. The maximum Gasteiger partial charge on any atom is 0.426 e. The summed E-state index contributed by atoms with van der Waals surface area (Å²) in [7, 11) is 0. The molecule has 3 aromatic rings. The number of ether oxygens (including phenoxy) is 2. The molecule has 44 heavy (non-hydrogen) atoms. The Morgan fingerprint density at radius 1 is 1.07 bits per heavy atom. The van der Waals surface area contributed by atoms with Crippen molar-refractivity contribution in [2.75, 3.05) is 5.32 Å². The molecule has 1 aliphatic heterocycles. The third-order valence-electron chi connectivity index (χ3n) is 6.71. The van der Waals surface area contributed by atoms with E-state index in [9.17, 15) is 31.1 Å². The number of rotatable bonds is 4. The van der Waals surface area contributed by atoms with Crippen LogP contribution in [0.4, 0.5) is 36.8 Å². The van der Waals surface area contributed by atoms with E-state index in [4.69, 9.17) is 13.9 Å². The first-order chi connectivity index (χ1) is 20.5. The van der Waals surface area contributed by atoms with Gasteiger partial charge in [0, 0.05) is 0 Å². The molecule has 238 valence electrons. The molecular formula is C30H32F6N4O4. The standard InChI is InChI=1S/C30H32F6N4O4/c1-18-11-7-6-10-14-28(30(34,35)36,42-17-19-12-8-5-9-13-19)25-40-39-24(43-25)23-22(38-26(41)44-27(2,3)4)16-20(29(31,32)33)21(15-18)37-23/h5-9,12-13,16,18H,10-11,14-15,17H2,1-4H3,(H,38,41)/b7-6-/t18?,28-/m1/s1. The zero-order chi connectivity index (χ0) is 32.3. The number of benzene rings is 1. The lowest BCUT2D eigenvalue weighted by Gasteiger charge is -2.32. The Labute approximate surface area is 249 Å². The van der Waals surface area contributed by atoms with E-state index in [-0.39, 0.29) is 25.2 Å². The lowest BCUT2D eigenvalue weighted by Crippen LogP contribution is -2.45. The molecule has 0 fully saturated rings. The molecule has 0 saturated heterocycles. The van der Waals surface area contributed by atoms with E-state index in [2.05, 4.69) is 20.5 Å². The summed E-state index contributed by atoms with van der Waals surface area (Å²) < 4.78 is 104. The van der Waals surface area contributed by atoms with Gasteiger partial charge in [0.2, 0.25) is 5.60 Å². The zero-order valence-electron chi connectivity index (χ0n) is 24.5. The van der Waals surface area contributed by atoms with Gasteiger partial charge in [-0.2, -0.15) is 26.3 Å². The fourth-order valence-electron chi connectivity index (χ4n) is 4.62. The van der Waals surface area contributed by atoms with Crippen molar-refractivity contribution in [2.24, 2.45) is 5.92 Å². The number of hydrogen-bond acceptors (Lipinski definition) is 7. The minimum Gasteiger partial charge on any atom is -0.444 e. The number of carbonyl (C=O) groups excluding carboxylic acids is 1. The van der Waals surface area contributed by atoms with E-state index >= 15 is 0 Å². The predicted molar refractivity (Wildman–Crippen MR) is 147 cm³/mol. The second-order valence-electron chi connectivity index (χ2n) is 11.6. The highest BCUT2D eigenvalue weighted by Crippen LogP contribution is 2.47. The Bertz CT molecular complexity index is 1480. The van der Waals surface area contributed by atoms with Gasteiger partial charge in [-0.1, -0.05) is 49.4 Å². The van der Waals surface area contributed by atoms with Crippen molar-refractivity contribution in [1.29, 1.82) is 0 Å². The third-order valence-corrected chi connectivity index (χ3v) is 6.71. The zero-order valence-corrected chi connectivity index (χ0v) is 24.5. The molecule has 1 aliphatic rings. The van der Waals surface area contributed by atoms with Crippen LogP contribution >= 0.6 is 0 Å². The van der Waals surface area contributed by atoms with Crippen molar-refractivity contribution in [2.45, 2.75) is 83.5 Å². The highest BCUT2D eigenvalue weighted by Gasteiger charge is 2.61. The quantitative estimate of drug-likeness (QED) is 0.229. The summed E-state index contributed by atoms with van der Waals surface area (Å²) in [5, 5.41) is 9.63. The largest absolute Gasteiger partial charge is 0.444 e. The Balaban J connectivity index is 1.90. The molecule has 1 aromatic carbocycles. The van der Waals surface area contributed by atoms with Crippen molar-refractivity contribution in [3.63, 3.8) is 0 Å². The lowest BCUT2D eigenvalue weighted by molar-refractivity contribution is -0.299. The summed E-state index contributed by atoms with van der Waals surface area (Å²) in [6.45, 7) is 5.89. The number of alkyl halides is 6. The van der Waals surface area contributed by atoms with E-state index in [1.165, 1.54) is 6.08 Å². The molecule has 0 aliphatic carbocycles. The topological polar surface area (TPSA) is 99.4 Å². The average Bonchev–Trinajstić information content (AvgIpc) is 3.39. The number of anilines is 1. The molecule has 0 radical (unpaired) electrons. The number of fused-ring (bicyclic) bond motifs is 5. The second kappa shape index (κ2) is 12.6. The van der Waals surface area contributed by atoms with Crippen molar-refractivity contribution < 1.29 is 45.0 Å². The Morgan fingerprint density at radius 2 is 1.77 bits per heavy atom. The first-order valence-electron chi connectivity index (χ1n) is 13.8. The highest BCUT2D eigenvalue weighted by atomic mass is 19.4. The number of aromatic nitrogens is 3. The molecule has 3 heterocycles. The monoisotopic (exact) mass is 626 g/mol. The van der Waals surface area contributed by atoms with Crippen LogP contribution < -0.4 is 5.32 Å². The molecule has 0 spiro atoms. The Morgan fingerprint density at radius 3 is 2.41 bits per heavy atom. The molecule has 1 amide bonds. The first-order valence-corrected chi connectivity index (χ1v) is 13.8. The highest BCUT2D eigenvalue weighted by molar-refractivity contribution is 5.89. The summed E-state index contributed by atoms with van der Waals surface area (Å²) in [5.74, 6) is -1.97. The fraction of sp³-hybridized carbons (Fsp3) is 0.467. The molecule has 1 N–H and O–H groups in total. The maximum atomic E-state index is 14.9. The molecule has 4 bridgehead atoms. The number of amides is 1. The summed E-state index contributed by atoms with van der Waals surface area (Å²) in [5.41, 5.74) is -6.14. The fourth-order valence-corrected chi connectivity index (χ4v) is 4.62. The molecular weight excluding hydrogens is 594 g/mol. The Hall–Kier alpha value is -3.94. The first kappa shape index (κ1) is 33.0. The minimum absolute atomic E-state index is 0.110. The van der Waals surface area contributed by atoms with E-state index in [0.717, 1.165) is 0 Å². The van der Waals surface area contributed by atoms with E-state index in [1.54, 1.807) is 64.1 Å². The van der Waals surface area contributed by atoms with Crippen LogP contribution in [0, 0.1) is 5.92 Å². The van der Waals surface area contributed by atoms with Gasteiger partial charge in [-0.05, 0) is 64.0 Å². The van der Waals surface area contributed by atoms with Gasteiger partial charge in [-0.25, -0.2) is 9.78 Å². The number of pyridine rings is 1. The van der Waals surface area contributed by atoms with Crippen LogP contribution in [0.3, 0.4) is 0 Å². The van der Waals surface area contributed by atoms with Crippen LogP contribution in [-0.4, -0.2) is 33.1 Å². The van der Waals surface area contributed by atoms with Crippen molar-refractivity contribution >= 4 is 11.8 Å². The van der Waals surface area contributed by atoms with Crippen molar-refractivity contribution in [1.82, 2.24) is 15.2 Å².